The highest BCUT2D eigenvalue weighted by Gasteiger charge is 2.44. The zero-order valence-electron chi connectivity index (χ0n) is 11.4. The molecule has 3 heteroatoms. The number of rotatable bonds is 1. The lowest BCUT2D eigenvalue weighted by Gasteiger charge is -2.46. The normalized spacial score (nSPS) is 35.3. The van der Waals surface area contributed by atoms with Crippen LogP contribution in [-0.2, 0) is 4.79 Å². The first-order valence-electron chi connectivity index (χ1n) is 7.81. The minimum Gasteiger partial charge on any atom is -0.338 e. The maximum atomic E-state index is 12.8. The maximum absolute atomic E-state index is 12.8. The third-order valence-corrected chi connectivity index (χ3v) is 5.43. The van der Waals surface area contributed by atoms with Crippen molar-refractivity contribution in [1.82, 2.24) is 4.90 Å². The smallest absolute Gasteiger partial charge is 0.242 e. The minimum absolute atomic E-state index is 0.275. The Kier molecular flexibility index (Phi) is 3.35. The fraction of sp³-hybridized carbons (Fsp3) is 0.933. The molecule has 1 heterocycles. The summed E-state index contributed by atoms with van der Waals surface area (Å²) < 4.78 is 0. The highest BCUT2D eigenvalue weighted by atomic mass is 16.2. The Morgan fingerprint density at radius 3 is 2.44 bits per heavy atom. The van der Waals surface area contributed by atoms with E-state index in [1.807, 2.05) is 0 Å². The van der Waals surface area contributed by atoms with Crippen molar-refractivity contribution in [3.8, 4) is 0 Å². The number of carbonyl (C=O) groups excluding carboxylic acids is 1. The van der Waals surface area contributed by atoms with Crippen LogP contribution in [0.4, 0.5) is 0 Å². The van der Waals surface area contributed by atoms with E-state index >= 15 is 0 Å². The predicted octanol–water partition coefficient (Wildman–Crippen LogP) is 2.44. The molecule has 3 aliphatic rings. The van der Waals surface area contributed by atoms with Crippen LogP contribution in [0.15, 0.2) is 0 Å². The van der Waals surface area contributed by atoms with Crippen LogP contribution in [-0.4, -0.2) is 28.9 Å². The Balaban J connectivity index is 1.75. The van der Waals surface area contributed by atoms with E-state index in [1.54, 1.807) is 0 Å². The van der Waals surface area contributed by atoms with E-state index in [2.05, 4.69) is 4.90 Å². The van der Waals surface area contributed by atoms with Gasteiger partial charge in [-0.3, -0.25) is 4.79 Å². The number of hydrogen-bond donors (Lipinski definition) is 1. The summed E-state index contributed by atoms with van der Waals surface area (Å²) in [5.74, 6) is 1.04. The van der Waals surface area contributed by atoms with E-state index in [9.17, 15) is 4.79 Å². The lowest BCUT2D eigenvalue weighted by Crippen LogP contribution is -2.59. The number of likely N-dealkylation sites (tertiary alicyclic amines) is 1. The molecule has 3 nitrogen and oxygen atoms in total. The van der Waals surface area contributed by atoms with E-state index in [0.717, 1.165) is 38.1 Å². The van der Waals surface area contributed by atoms with Gasteiger partial charge < -0.3 is 10.6 Å². The van der Waals surface area contributed by atoms with Crippen LogP contribution >= 0.6 is 0 Å². The number of fused-ring (bicyclic) bond motifs is 1. The number of nitrogens with zero attached hydrogens (tertiary/aromatic N) is 1. The lowest BCUT2D eigenvalue weighted by atomic mass is 9.77. The third-order valence-electron chi connectivity index (χ3n) is 5.43. The second-order valence-corrected chi connectivity index (χ2v) is 6.62. The fourth-order valence-corrected chi connectivity index (χ4v) is 4.38. The Hall–Kier alpha value is -0.570. The molecule has 0 bridgehead atoms. The van der Waals surface area contributed by atoms with Gasteiger partial charge in [-0.05, 0) is 44.4 Å². The van der Waals surface area contributed by atoms with Gasteiger partial charge in [-0.25, -0.2) is 0 Å². The number of nitrogens with two attached hydrogens (primary N) is 1. The van der Waals surface area contributed by atoms with Gasteiger partial charge in [0.15, 0.2) is 0 Å². The number of carbonyl (C=O) groups is 1. The summed E-state index contributed by atoms with van der Waals surface area (Å²) >= 11 is 0. The van der Waals surface area contributed by atoms with Gasteiger partial charge in [0.25, 0.3) is 0 Å². The van der Waals surface area contributed by atoms with Gasteiger partial charge in [0.1, 0.15) is 0 Å². The fourth-order valence-electron chi connectivity index (χ4n) is 4.38. The van der Waals surface area contributed by atoms with Crippen molar-refractivity contribution in [1.29, 1.82) is 0 Å². The number of hydrogen-bond acceptors (Lipinski definition) is 2. The highest BCUT2D eigenvalue weighted by Crippen LogP contribution is 2.38. The summed E-state index contributed by atoms with van der Waals surface area (Å²) in [4.78, 5) is 15.0. The molecule has 2 N–H and O–H groups in total. The average Bonchev–Trinajstić information content (AvgIpc) is 2.85. The van der Waals surface area contributed by atoms with Gasteiger partial charge in [-0.1, -0.05) is 25.7 Å². The number of piperidine rings is 1. The zero-order valence-corrected chi connectivity index (χ0v) is 11.4. The molecule has 1 amide bonds. The topological polar surface area (TPSA) is 46.3 Å². The van der Waals surface area contributed by atoms with Crippen LogP contribution in [0.1, 0.15) is 64.2 Å². The van der Waals surface area contributed by atoms with Gasteiger partial charge in [0.05, 0.1) is 5.54 Å². The van der Waals surface area contributed by atoms with Crippen molar-refractivity contribution in [3.05, 3.63) is 0 Å². The quantitative estimate of drug-likeness (QED) is 0.777. The first-order chi connectivity index (χ1) is 8.71. The molecule has 0 aromatic heterocycles. The van der Waals surface area contributed by atoms with Gasteiger partial charge in [0.2, 0.25) is 5.91 Å². The molecule has 3 fully saturated rings. The van der Waals surface area contributed by atoms with Gasteiger partial charge in [-0.15, -0.1) is 0 Å². The summed E-state index contributed by atoms with van der Waals surface area (Å²) in [5, 5.41) is 0. The van der Waals surface area contributed by atoms with Gasteiger partial charge in [-0.2, -0.15) is 0 Å². The second kappa shape index (κ2) is 4.84. The molecule has 1 saturated heterocycles. The van der Waals surface area contributed by atoms with E-state index in [0.29, 0.717) is 6.04 Å². The first-order valence-corrected chi connectivity index (χ1v) is 7.81. The summed E-state index contributed by atoms with van der Waals surface area (Å²) in [6.07, 6.45) is 11.8. The Labute approximate surface area is 110 Å². The van der Waals surface area contributed by atoms with Crippen LogP contribution in [0.3, 0.4) is 0 Å². The van der Waals surface area contributed by atoms with Gasteiger partial charge >= 0.3 is 0 Å². The van der Waals surface area contributed by atoms with Crippen molar-refractivity contribution in [2.75, 3.05) is 6.54 Å². The molecule has 1 aliphatic heterocycles. The first kappa shape index (κ1) is 12.5. The molecule has 2 atom stereocenters. The molecular weight excluding hydrogens is 224 g/mol. The standard InChI is InChI=1S/C15H26N2O/c16-15(9-3-4-10-15)14(18)17-11-5-7-12-6-1-2-8-13(12)17/h12-13H,1-11,16H2. The maximum Gasteiger partial charge on any atom is 0.242 e. The van der Waals surface area contributed by atoms with Crippen LogP contribution in [0, 0.1) is 5.92 Å². The molecule has 0 radical (unpaired) electrons. The Morgan fingerprint density at radius 2 is 1.67 bits per heavy atom. The summed E-state index contributed by atoms with van der Waals surface area (Å²) in [7, 11) is 0. The second-order valence-electron chi connectivity index (χ2n) is 6.62. The van der Waals surface area contributed by atoms with Crippen molar-refractivity contribution in [3.63, 3.8) is 0 Å². The van der Waals surface area contributed by atoms with Crippen LogP contribution in [0.2, 0.25) is 0 Å². The van der Waals surface area contributed by atoms with Crippen LogP contribution in [0.5, 0.6) is 0 Å². The van der Waals surface area contributed by atoms with Crippen molar-refractivity contribution >= 4 is 5.91 Å². The summed E-state index contributed by atoms with van der Waals surface area (Å²) in [6, 6.07) is 0.515. The third kappa shape index (κ3) is 2.07. The van der Waals surface area contributed by atoms with Crippen LogP contribution < -0.4 is 5.73 Å². The van der Waals surface area contributed by atoms with E-state index < -0.39 is 5.54 Å². The SMILES string of the molecule is NC1(C(=O)N2CCCC3CCCCC32)CCCC1. The number of amides is 1. The average molecular weight is 250 g/mol. The molecule has 18 heavy (non-hydrogen) atoms. The zero-order chi connectivity index (χ0) is 12.6. The monoisotopic (exact) mass is 250 g/mol. The largest absolute Gasteiger partial charge is 0.338 e. The molecule has 3 rings (SSSR count). The Bertz CT molecular complexity index is 320. The van der Waals surface area contributed by atoms with Crippen molar-refractivity contribution in [2.24, 2.45) is 11.7 Å². The molecule has 0 spiro atoms. The highest BCUT2D eigenvalue weighted by molar-refractivity contribution is 5.86. The van der Waals surface area contributed by atoms with Crippen molar-refractivity contribution < 1.29 is 4.79 Å². The molecule has 102 valence electrons. The molecule has 0 aromatic carbocycles. The molecule has 2 unspecified atom stereocenters. The Morgan fingerprint density at radius 1 is 1.00 bits per heavy atom. The summed E-state index contributed by atoms with van der Waals surface area (Å²) in [6.45, 7) is 0.957. The van der Waals surface area contributed by atoms with E-state index in [-0.39, 0.29) is 5.91 Å². The van der Waals surface area contributed by atoms with Crippen LogP contribution in [0.25, 0.3) is 0 Å². The molecular formula is C15H26N2O. The van der Waals surface area contributed by atoms with E-state index in [4.69, 9.17) is 5.73 Å². The summed E-state index contributed by atoms with van der Waals surface area (Å²) in [5.41, 5.74) is 5.85. The molecule has 2 aliphatic carbocycles. The predicted molar refractivity (Wildman–Crippen MR) is 72.1 cm³/mol. The van der Waals surface area contributed by atoms with Crippen molar-refractivity contribution in [2.45, 2.75) is 75.8 Å². The van der Waals surface area contributed by atoms with E-state index in [1.165, 1.54) is 38.5 Å². The molecule has 0 aromatic rings. The minimum atomic E-state index is -0.515. The lowest BCUT2D eigenvalue weighted by molar-refractivity contribution is -0.143. The molecule has 2 saturated carbocycles. The van der Waals surface area contributed by atoms with Gasteiger partial charge in [0, 0.05) is 12.6 Å².